The summed E-state index contributed by atoms with van der Waals surface area (Å²) in [5.41, 5.74) is 1.82. The third kappa shape index (κ3) is 5.42. The zero-order valence-corrected chi connectivity index (χ0v) is 17.8. The lowest BCUT2D eigenvalue weighted by Gasteiger charge is -2.11. The smallest absolute Gasteiger partial charge is 0.234 e. The fourth-order valence-electron chi connectivity index (χ4n) is 2.75. The quantitative estimate of drug-likeness (QED) is 0.390. The molecule has 8 heteroatoms. The number of aryl methyl sites for hydroxylation is 1. The van der Waals surface area contributed by atoms with E-state index in [1.165, 1.54) is 11.8 Å². The summed E-state index contributed by atoms with van der Waals surface area (Å²) in [6.07, 6.45) is 1.76. The topological polar surface area (TPSA) is 78.3 Å². The van der Waals surface area contributed by atoms with E-state index in [0.717, 1.165) is 11.3 Å². The number of allylic oxidation sites excluding steroid dienone is 1. The minimum atomic E-state index is -0.103. The number of carbonyl (C=O) groups is 1. The van der Waals surface area contributed by atoms with Gasteiger partial charge in [-0.3, -0.25) is 9.36 Å². The molecule has 0 atom stereocenters. The van der Waals surface area contributed by atoms with Crippen LogP contribution in [0.2, 0.25) is 0 Å². The molecule has 0 spiro atoms. The van der Waals surface area contributed by atoms with E-state index in [9.17, 15) is 4.79 Å². The first-order valence-corrected chi connectivity index (χ1v) is 10.4. The first kappa shape index (κ1) is 21.4. The van der Waals surface area contributed by atoms with Gasteiger partial charge in [-0.05, 0) is 30.7 Å². The highest BCUT2D eigenvalue weighted by Crippen LogP contribution is 2.27. The van der Waals surface area contributed by atoms with Gasteiger partial charge in [-0.25, -0.2) is 0 Å². The van der Waals surface area contributed by atoms with E-state index in [4.69, 9.17) is 9.47 Å². The third-order valence-corrected chi connectivity index (χ3v) is 5.25. The maximum Gasteiger partial charge on any atom is 0.234 e. The normalized spacial score (nSPS) is 10.5. The number of ether oxygens (including phenoxy) is 2. The van der Waals surface area contributed by atoms with E-state index in [0.29, 0.717) is 29.0 Å². The van der Waals surface area contributed by atoms with E-state index in [1.807, 2.05) is 60.0 Å². The molecule has 2 aromatic carbocycles. The first-order chi connectivity index (χ1) is 14.6. The summed E-state index contributed by atoms with van der Waals surface area (Å²) in [5.74, 6) is 2.03. The molecule has 1 amide bonds. The van der Waals surface area contributed by atoms with E-state index in [1.54, 1.807) is 13.2 Å². The lowest BCUT2D eigenvalue weighted by atomic mass is 10.2. The highest BCUT2D eigenvalue weighted by atomic mass is 32.2. The Labute approximate surface area is 180 Å². The molecule has 0 saturated heterocycles. The van der Waals surface area contributed by atoms with Gasteiger partial charge in [-0.15, -0.1) is 16.8 Å². The van der Waals surface area contributed by atoms with Crippen molar-refractivity contribution in [2.75, 3.05) is 18.2 Å². The maximum atomic E-state index is 12.3. The number of para-hydroxylation sites is 3. The highest BCUT2D eigenvalue weighted by Gasteiger charge is 2.15. The fourth-order valence-corrected chi connectivity index (χ4v) is 3.52. The fraction of sp³-hybridized carbons (Fsp3) is 0.227. The molecule has 1 aromatic heterocycles. The average Bonchev–Trinajstić information content (AvgIpc) is 3.14. The Morgan fingerprint density at radius 3 is 2.63 bits per heavy atom. The molecule has 0 unspecified atom stereocenters. The standard InChI is InChI=1S/C22H24N4O3S/c1-4-13-26-20(14-29-19-12-8-7-11-18(19)28-3)24-25-22(26)30-15-21(27)23-17-10-6-5-9-16(17)2/h4-12H,1,13-15H2,2-3H3,(H,23,27). The molecule has 0 fully saturated rings. The van der Waals surface area contributed by atoms with Crippen molar-refractivity contribution in [1.29, 1.82) is 0 Å². The molecule has 30 heavy (non-hydrogen) atoms. The van der Waals surface area contributed by atoms with Gasteiger partial charge in [0.05, 0.1) is 12.9 Å². The van der Waals surface area contributed by atoms with E-state index >= 15 is 0 Å². The van der Waals surface area contributed by atoms with Crippen molar-refractivity contribution < 1.29 is 14.3 Å². The van der Waals surface area contributed by atoms with Crippen LogP contribution >= 0.6 is 11.8 Å². The number of rotatable bonds is 10. The molecule has 3 rings (SSSR count). The van der Waals surface area contributed by atoms with Crippen molar-refractivity contribution in [3.63, 3.8) is 0 Å². The Hall–Kier alpha value is -3.26. The summed E-state index contributed by atoms with van der Waals surface area (Å²) >= 11 is 1.32. The Morgan fingerprint density at radius 2 is 1.90 bits per heavy atom. The van der Waals surface area contributed by atoms with Gasteiger partial charge >= 0.3 is 0 Å². The molecule has 156 valence electrons. The van der Waals surface area contributed by atoms with Crippen molar-refractivity contribution in [3.8, 4) is 11.5 Å². The molecule has 0 aliphatic rings. The Morgan fingerprint density at radius 1 is 1.17 bits per heavy atom. The number of carbonyl (C=O) groups excluding carboxylic acids is 1. The van der Waals surface area contributed by atoms with Gasteiger partial charge in [0, 0.05) is 12.2 Å². The predicted octanol–water partition coefficient (Wildman–Crippen LogP) is 4.09. The lowest BCUT2D eigenvalue weighted by Crippen LogP contribution is -2.15. The molecular weight excluding hydrogens is 400 g/mol. The number of benzene rings is 2. The highest BCUT2D eigenvalue weighted by molar-refractivity contribution is 7.99. The van der Waals surface area contributed by atoms with Crippen molar-refractivity contribution in [3.05, 3.63) is 72.6 Å². The molecule has 0 aliphatic heterocycles. The van der Waals surface area contributed by atoms with Gasteiger partial charge in [0.25, 0.3) is 0 Å². The van der Waals surface area contributed by atoms with Crippen LogP contribution in [0, 0.1) is 6.92 Å². The van der Waals surface area contributed by atoms with Crippen LogP contribution in [0.4, 0.5) is 5.69 Å². The molecule has 3 aromatic rings. The van der Waals surface area contributed by atoms with Crippen LogP contribution in [0.5, 0.6) is 11.5 Å². The first-order valence-electron chi connectivity index (χ1n) is 9.39. The lowest BCUT2D eigenvalue weighted by molar-refractivity contribution is -0.113. The second kappa shape index (κ2) is 10.5. The second-order valence-electron chi connectivity index (χ2n) is 6.39. The van der Waals surface area contributed by atoms with Gasteiger partial charge < -0.3 is 14.8 Å². The minimum absolute atomic E-state index is 0.103. The Balaban J connectivity index is 1.64. The van der Waals surface area contributed by atoms with Crippen molar-refractivity contribution in [2.24, 2.45) is 0 Å². The zero-order valence-electron chi connectivity index (χ0n) is 17.0. The number of anilines is 1. The van der Waals surface area contributed by atoms with Gasteiger partial charge in [-0.1, -0.05) is 48.2 Å². The van der Waals surface area contributed by atoms with Crippen LogP contribution in [-0.2, 0) is 17.9 Å². The van der Waals surface area contributed by atoms with Crippen LogP contribution < -0.4 is 14.8 Å². The van der Waals surface area contributed by atoms with Crippen molar-refractivity contribution >= 4 is 23.4 Å². The summed E-state index contributed by atoms with van der Waals surface area (Å²) < 4.78 is 13.1. The molecule has 1 N–H and O–H groups in total. The molecule has 0 bridgehead atoms. The predicted molar refractivity (Wildman–Crippen MR) is 118 cm³/mol. The van der Waals surface area contributed by atoms with Crippen LogP contribution in [-0.4, -0.2) is 33.5 Å². The van der Waals surface area contributed by atoms with Crippen molar-refractivity contribution in [2.45, 2.75) is 25.2 Å². The summed E-state index contributed by atoms with van der Waals surface area (Å²) in [6, 6.07) is 15.1. The van der Waals surface area contributed by atoms with E-state index in [2.05, 4.69) is 22.1 Å². The molecule has 0 aliphatic carbocycles. The van der Waals surface area contributed by atoms with Crippen molar-refractivity contribution in [1.82, 2.24) is 14.8 Å². The Kier molecular flexibility index (Phi) is 7.51. The molecule has 1 heterocycles. The van der Waals surface area contributed by atoms with E-state index in [-0.39, 0.29) is 18.3 Å². The minimum Gasteiger partial charge on any atom is -0.493 e. The summed E-state index contributed by atoms with van der Waals surface area (Å²) in [6.45, 7) is 6.49. The van der Waals surface area contributed by atoms with Gasteiger partial charge in [0.2, 0.25) is 5.91 Å². The van der Waals surface area contributed by atoms with E-state index < -0.39 is 0 Å². The van der Waals surface area contributed by atoms with Crippen LogP contribution in [0.15, 0.2) is 66.3 Å². The van der Waals surface area contributed by atoms with Crippen LogP contribution in [0.1, 0.15) is 11.4 Å². The largest absolute Gasteiger partial charge is 0.493 e. The summed E-state index contributed by atoms with van der Waals surface area (Å²) in [4.78, 5) is 12.3. The number of amides is 1. The van der Waals surface area contributed by atoms with Gasteiger partial charge in [-0.2, -0.15) is 0 Å². The number of nitrogens with zero attached hydrogens (tertiary/aromatic N) is 3. The monoisotopic (exact) mass is 424 g/mol. The molecular formula is C22H24N4O3S. The molecule has 7 nitrogen and oxygen atoms in total. The number of nitrogens with one attached hydrogen (secondary N) is 1. The van der Waals surface area contributed by atoms with Gasteiger partial charge in [0.15, 0.2) is 22.5 Å². The number of aromatic nitrogens is 3. The number of hydrogen-bond donors (Lipinski definition) is 1. The molecule has 0 radical (unpaired) electrons. The van der Waals surface area contributed by atoms with Gasteiger partial charge in [0.1, 0.15) is 6.61 Å². The molecule has 0 saturated carbocycles. The third-order valence-electron chi connectivity index (χ3n) is 4.28. The SMILES string of the molecule is C=CCn1c(COc2ccccc2OC)nnc1SCC(=O)Nc1ccccc1C. The zero-order chi connectivity index (χ0) is 21.3. The number of thioether (sulfide) groups is 1. The number of methoxy groups -OCH3 is 1. The number of hydrogen-bond acceptors (Lipinski definition) is 6. The van der Waals surface area contributed by atoms with Crippen LogP contribution in [0.3, 0.4) is 0 Å². The maximum absolute atomic E-state index is 12.3. The average molecular weight is 425 g/mol. The van der Waals surface area contributed by atoms with Crippen LogP contribution in [0.25, 0.3) is 0 Å². The summed E-state index contributed by atoms with van der Waals surface area (Å²) in [7, 11) is 1.60. The Bertz CT molecular complexity index is 1020. The summed E-state index contributed by atoms with van der Waals surface area (Å²) in [5, 5.41) is 12.0. The second-order valence-corrected chi connectivity index (χ2v) is 7.33.